The third-order valence-electron chi connectivity index (χ3n) is 3.23. The summed E-state index contributed by atoms with van der Waals surface area (Å²) in [7, 11) is 1.33. The van der Waals surface area contributed by atoms with Crippen LogP contribution in [0.1, 0.15) is 0 Å². The number of rotatable bonds is 4. The van der Waals surface area contributed by atoms with Crippen LogP contribution >= 0.6 is 12.2 Å². The highest BCUT2D eigenvalue weighted by molar-refractivity contribution is 7.79. The first kappa shape index (κ1) is 17.1. The Kier molecular flexibility index (Phi) is 6.07. The van der Waals surface area contributed by atoms with Gasteiger partial charge < -0.3 is 34.3 Å². The van der Waals surface area contributed by atoms with Crippen molar-refractivity contribution in [3.63, 3.8) is 0 Å². The summed E-state index contributed by atoms with van der Waals surface area (Å²) >= 11 is 4.96. The lowest BCUT2D eigenvalue weighted by Gasteiger charge is -2.40. The first-order valence-corrected chi connectivity index (χ1v) is 7.06. The van der Waals surface area contributed by atoms with Crippen molar-refractivity contribution in [1.29, 1.82) is 0 Å². The minimum atomic E-state index is -1.29. The van der Waals surface area contributed by atoms with Crippen molar-refractivity contribution in [2.24, 2.45) is 0 Å². The molecule has 0 radical (unpaired) electrons. The van der Waals surface area contributed by atoms with Gasteiger partial charge in [-0.3, -0.25) is 0 Å². The molecule has 1 aromatic carbocycles. The van der Waals surface area contributed by atoms with Gasteiger partial charge in [0, 0.05) is 19.3 Å². The molecule has 1 aliphatic heterocycles. The summed E-state index contributed by atoms with van der Waals surface area (Å²) in [6.07, 6.45) is -5.74. The maximum atomic E-state index is 10.1. The molecule has 3 N–H and O–H groups in total. The smallest absolute Gasteiger partial charge is 0.358 e. The highest BCUT2D eigenvalue weighted by atomic mass is 32.1. The molecule has 1 fully saturated rings. The molecule has 5 atom stereocenters. The predicted octanol–water partition coefficient (Wildman–Crippen LogP) is -0.179. The van der Waals surface area contributed by atoms with E-state index in [0.717, 1.165) is 0 Å². The van der Waals surface area contributed by atoms with Gasteiger partial charge in [-0.1, -0.05) is 18.2 Å². The number of aliphatic hydroxyl groups is 3. The molecule has 7 nitrogen and oxygen atoms in total. The van der Waals surface area contributed by atoms with E-state index in [1.807, 2.05) is 6.07 Å². The quantitative estimate of drug-likeness (QED) is 0.654. The molecule has 1 heterocycles. The lowest BCUT2D eigenvalue weighted by molar-refractivity contribution is -0.292. The van der Waals surface area contributed by atoms with Crippen LogP contribution in [0, 0.1) is 0 Å². The van der Waals surface area contributed by atoms with Crippen LogP contribution in [-0.4, -0.2) is 65.0 Å². The summed E-state index contributed by atoms with van der Waals surface area (Å²) in [6, 6.07) is 8.71. The van der Waals surface area contributed by atoms with Crippen molar-refractivity contribution < 1.29 is 34.3 Å². The van der Waals surface area contributed by atoms with Gasteiger partial charge in [0.05, 0.1) is 6.61 Å². The molecule has 2 rings (SSSR count). The SMILES string of the molecule is CO[C@H]1OC(CO)[C@@H](O)C(OC(=S)Oc2ccccc2)C1O. The molecule has 1 aliphatic rings. The van der Waals surface area contributed by atoms with Crippen LogP contribution < -0.4 is 4.74 Å². The maximum absolute atomic E-state index is 10.1. The van der Waals surface area contributed by atoms with Gasteiger partial charge in [0.1, 0.15) is 24.1 Å². The lowest BCUT2D eigenvalue weighted by Crippen LogP contribution is -2.60. The standard InChI is InChI=1S/C14H18O7S/c1-18-13-11(17)12(10(16)9(7-15)20-13)21-14(22)19-8-5-3-2-4-6-8/h2-6,9-13,15-17H,7H2,1H3/t9?,10-,11?,12?,13+/m1/s1. The number of methoxy groups -OCH3 is 1. The molecule has 0 aliphatic carbocycles. The van der Waals surface area contributed by atoms with Crippen molar-refractivity contribution in [2.75, 3.05) is 13.7 Å². The minimum Gasteiger partial charge on any atom is -0.447 e. The van der Waals surface area contributed by atoms with E-state index >= 15 is 0 Å². The van der Waals surface area contributed by atoms with Crippen LogP contribution in [0.3, 0.4) is 0 Å². The maximum Gasteiger partial charge on any atom is 0.358 e. The van der Waals surface area contributed by atoms with E-state index < -0.39 is 37.3 Å². The number of para-hydroxylation sites is 1. The Bertz CT molecular complexity index is 467. The molecule has 0 spiro atoms. The Hall–Kier alpha value is -1.29. The van der Waals surface area contributed by atoms with Gasteiger partial charge in [-0.25, -0.2) is 0 Å². The number of hydrogen-bond acceptors (Lipinski definition) is 8. The number of hydrogen-bond donors (Lipinski definition) is 3. The third kappa shape index (κ3) is 3.92. The normalized spacial score (nSPS) is 31.5. The third-order valence-corrected chi connectivity index (χ3v) is 3.41. The predicted molar refractivity (Wildman–Crippen MR) is 79.3 cm³/mol. The summed E-state index contributed by atoms with van der Waals surface area (Å²) in [5, 5.41) is 29.1. The van der Waals surface area contributed by atoms with E-state index in [-0.39, 0.29) is 5.24 Å². The molecular weight excluding hydrogens is 312 g/mol. The van der Waals surface area contributed by atoms with Crippen molar-refractivity contribution in [1.82, 2.24) is 0 Å². The molecule has 122 valence electrons. The van der Waals surface area contributed by atoms with Gasteiger partial charge >= 0.3 is 5.24 Å². The highest BCUT2D eigenvalue weighted by Gasteiger charge is 2.46. The van der Waals surface area contributed by atoms with Gasteiger partial charge in [0.2, 0.25) is 0 Å². The number of benzene rings is 1. The molecule has 0 aromatic heterocycles. The molecule has 8 heteroatoms. The lowest BCUT2D eigenvalue weighted by atomic mass is 9.99. The largest absolute Gasteiger partial charge is 0.447 e. The van der Waals surface area contributed by atoms with Crippen LogP contribution in [0.25, 0.3) is 0 Å². The zero-order valence-electron chi connectivity index (χ0n) is 11.9. The fourth-order valence-electron chi connectivity index (χ4n) is 2.11. The molecular formula is C14H18O7S. The average Bonchev–Trinajstić information content (AvgIpc) is 2.53. The Morgan fingerprint density at radius 2 is 1.91 bits per heavy atom. The summed E-state index contributed by atoms with van der Waals surface area (Å²) in [5.41, 5.74) is 0. The van der Waals surface area contributed by atoms with Gasteiger partial charge in [-0.2, -0.15) is 0 Å². The second kappa shape index (κ2) is 7.82. The molecule has 22 heavy (non-hydrogen) atoms. The van der Waals surface area contributed by atoms with E-state index in [1.165, 1.54) is 7.11 Å². The fraction of sp³-hybridized carbons (Fsp3) is 0.500. The molecule has 0 amide bonds. The number of ether oxygens (including phenoxy) is 4. The summed E-state index contributed by atoms with van der Waals surface area (Å²) in [5.74, 6) is 0.463. The van der Waals surface area contributed by atoms with Gasteiger partial charge in [0.25, 0.3) is 0 Å². The van der Waals surface area contributed by atoms with E-state index in [0.29, 0.717) is 5.75 Å². The van der Waals surface area contributed by atoms with E-state index in [2.05, 4.69) is 0 Å². The summed E-state index contributed by atoms with van der Waals surface area (Å²) in [6.45, 7) is -0.458. The topological polar surface area (TPSA) is 97.6 Å². The molecule has 1 aromatic rings. The second-order valence-corrected chi connectivity index (χ2v) is 5.02. The van der Waals surface area contributed by atoms with Crippen molar-refractivity contribution >= 4 is 17.5 Å². The van der Waals surface area contributed by atoms with Crippen LogP contribution in [0.15, 0.2) is 30.3 Å². The monoisotopic (exact) mass is 330 g/mol. The van der Waals surface area contributed by atoms with Crippen molar-refractivity contribution in [3.05, 3.63) is 30.3 Å². The Morgan fingerprint density at radius 3 is 2.50 bits per heavy atom. The van der Waals surface area contributed by atoms with Crippen molar-refractivity contribution in [2.45, 2.75) is 30.7 Å². The Labute approximate surface area is 133 Å². The van der Waals surface area contributed by atoms with E-state index in [4.69, 9.17) is 31.2 Å². The zero-order valence-corrected chi connectivity index (χ0v) is 12.7. The molecule has 0 bridgehead atoms. The van der Waals surface area contributed by atoms with Crippen LogP contribution in [0.4, 0.5) is 0 Å². The fourth-order valence-corrected chi connectivity index (χ4v) is 2.31. The van der Waals surface area contributed by atoms with Crippen molar-refractivity contribution in [3.8, 4) is 5.75 Å². The zero-order chi connectivity index (χ0) is 16.1. The Balaban J connectivity index is 2.03. The highest BCUT2D eigenvalue weighted by Crippen LogP contribution is 2.24. The minimum absolute atomic E-state index is 0.261. The molecule has 1 saturated heterocycles. The Morgan fingerprint density at radius 1 is 1.23 bits per heavy atom. The second-order valence-electron chi connectivity index (χ2n) is 4.69. The number of aliphatic hydroxyl groups excluding tert-OH is 3. The van der Waals surface area contributed by atoms with Crippen LogP contribution in [0.2, 0.25) is 0 Å². The average molecular weight is 330 g/mol. The van der Waals surface area contributed by atoms with Gasteiger partial charge in [0.15, 0.2) is 12.4 Å². The number of thiocarbonyl (C=S) groups is 1. The van der Waals surface area contributed by atoms with Crippen LogP contribution in [-0.2, 0) is 14.2 Å². The van der Waals surface area contributed by atoms with Gasteiger partial charge in [-0.05, 0) is 12.1 Å². The first-order chi connectivity index (χ1) is 10.6. The molecule has 0 saturated carbocycles. The van der Waals surface area contributed by atoms with Gasteiger partial charge in [-0.15, -0.1) is 0 Å². The van der Waals surface area contributed by atoms with E-state index in [9.17, 15) is 15.3 Å². The summed E-state index contributed by atoms with van der Waals surface area (Å²) < 4.78 is 20.8. The molecule has 3 unspecified atom stereocenters. The first-order valence-electron chi connectivity index (χ1n) is 6.65. The van der Waals surface area contributed by atoms with E-state index in [1.54, 1.807) is 24.3 Å². The summed E-state index contributed by atoms with van der Waals surface area (Å²) in [4.78, 5) is 0. The van der Waals surface area contributed by atoms with Crippen LogP contribution in [0.5, 0.6) is 5.75 Å².